The molecule has 5 heteroatoms. The Bertz CT molecular complexity index is 473. The molecule has 0 saturated heterocycles. The highest BCUT2D eigenvalue weighted by molar-refractivity contribution is 9.10. The largest absolute Gasteiger partial charge is 0.344 e. The summed E-state index contributed by atoms with van der Waals surface area (Å²) < 4.78 is 0.450. The summed E-state index contributed by atoms with van der Waals surface area (Å²) in [6.07, 6.45) is 9.21. The number of H-pyrrole nitrogens is 1. The molecule has 0 aliphatic heterocycles. The smallest absolute Gasteiger partial charge is 0.267 e. The number of anilines is 1. The lowest BCUT2D eigenvalue weighted by Gasteiger charge is -2.21. The van der Waals surface area contributed by atoms with Gasteiger partial charge in [-0.15, -0.1) is 6.42 Å². The standard InChI is InChI=1S/C11H12BrN3O/c1-2-5-15(6-8-3-4-8)10-9(12)11(16)14-7-13-10/h1,7-8H,3-6H2,(H,13,14,16). The highest BCUT2D eigenvalue weighted by Crippen LogP contribution is 2.31. The van der Waals surface area contributed by atoms with Gasteiger partial charge in [0, 0.05) is 6.54 Å². The van der Waals surface area contributed by atoms with Crippen molar-refractivity contribution >= 4 is 21.7 Å². The summed E-state index contributed by atoms with van der Waals surface area (Å²) in [5.41, 5.74) is -0.178. The van der Waals surface area contributed by atoms with Gasteiger partial charge in [-0.3, -0.25) is 4.79 Å². The van der Waals surface area contributed by atoms with Gasteiger partial charge in [-0.05, 0) is 34.7 Å². The lowest BCUT2D eigenvalue weighted by atomic mass is 10.3. The number of hydrogen-bond donors (Lipinski definition) is 1. The van der Waals surface area contributed by atoms with E-state index < -0.39 is 0 Å². The molecule has 1 heterocycles. The van der Waals surface area contributed by atoms with Crippen molar-refractivity contribution in [1.29, 1.82) is 0 Å². The van der Waals surface area contributed by atoms with E-state index in [0.29, 0.717) is 22.8 Å². The van der Waals surface area contributed by atoms with Crippen LogP contribution < -0.4 is 10.5 Å². The number of halogens is 1. The van der Waals surface area contributed by atoms with Crippen LogP contribution in [0.3, 0.4) is 0 Å². The predicted molar refractivity (Wildman–Crippen MR) is 66.3 cm³/mol. The van der Waals surface area contributed by atoms with Crippen LogP contribution in [0.2, 0.25) is 0 Å². The molecule has 1 aliphatic rings. The van der Waals surface area contributed by atoms with E-state index in [1.165, 1.54) is 19.2 Å². The zero-order chi connectivity index (χ0) is 11.5. The molecular formula is C11H12BrN3O. The Kier molecular flexibility index (Phi) is 3.30. The number of terminal acetylenes is 1. The van der Waals surface area contributed by atoms with Crippen LogP contribution in [0.5, 0.6) is 0 Å². The topological polar surface area (TPSA) is 49.0 Å². The summed E-state index contributed by atoms with van der Waals surface area (Å²) in [5.74, 6) is 3.93. The van der Waals surface area contributed by atoms with Crippen LogP contribution in [0, 0.1) is 18.3 Å². The first-order valence-electron chi connectivity index (χ1n) is 5.14. The minimum Gasteiger partial charge on any atom is -0.344 e. The summed E-state index contributed by atoms with van der Waals surface area (Å²) in [5, 5.41) is 0. The summed E-state index contributed by atoms with van der Waals surface area (Å²) in [4.78, 5) is 20.1. The summed E-state index contributed by atoms with van der Waals surface area (Å²) >= 11 is 3.24. The number of hydrogen-bond acceptors (Lipinski definition) is 3. The van der Waals surface area contributed by atoms with Gasteiger partial charge in [0.2, 0.25) is 0 Å². The third-order valence-electron chi connectivity index (χ3n) is 2.54. The van der Waals surface area contributed by atoms with E-state index >= 15 is 0 Å². The van der Waals surface area contributed by atoms with Gasteiger partial charge >= 0.3 is 0 Å². The van der Waals surface area contributed by atoms with Crippen molar-refractivity contribution in [3.8, 4) is 12.3 Å². The van der Waals surface area contributed by atoms with Crippen molar-refractivity contribution in [3.63, 3.8) is 0 Å². The molecule has 1 fully saturated rings. The lowest BCUT2D eigenvalue weighted by Crippen LogP contribution is -2.29. The number of aromatic amines is 1. The Labute approximate surface area is 102 Å². The molecule has 0 bridgehead atoms. The summed E-state index contributed by atoms with van der Waals surface area (Å²) in [6, 6.07) is 0. The van der Waals surface area contributed by atoms with Gasteiger partial charge in [-0.2, -0.15) is 0 Å². The molecule has 84 valence electrons. The first-order valence-corrected chi connectivity index (χ1v) is 5.93. The van der Waals surface area contributed by atoms with Gasteiger partial charge < -0.3 is 9.88 Å². The van der Waals surface area contributed by atoms with E-state index in [1.807, 2.05) is 4.90 Å². The molecule has 0 aromatic carbocycles. The minimum absolute atomic E-state index is 0.178. The van der Waals surface area contributed by atoms with Gasteiger partial charge in [0.1, 0.15) is 4.47 Å². The van der Waals surface area contributed by atoms with Crippen LogP contribution in [-0.2, 0) is 0 Å². The predicted octanol–water partition coefficient (Wildman–Crippen LogP) is 1.38. The molecule has 1 aromatic heterocycles. The Morgan fingerprint density at radius 2 is 2.44 bits per heavy atom. The van der Waals surface area contributed by atoms with E-state index in [0.717, 1.165) is 6.54 Å². The first-order chi connectivity index (χ1) is 7.72. The van der Waals surface area contributed by atoms with E-state index in [4.69, 9.17) is 6.42 Å². The SMILES string of the molecule is C#CCN(CC1CC1)c1nc[nH]c(=O)c1Br. The fourth-order valence-corrected chi connectivity index (χ4v) is 2.01. The monoisotopic (exact) mass is 281 g/mol. The highest BCUT2D eigenvalue weighted by atomic mass is 79.9. The first kappa shape index (κ1) is 11.2. The molecule has 1 N–H and O–H groups in total. The summed E-state index contributed by atoms with van der Waals surface area (Å²) in [7, 11) is 0. The molecular weight excluding hydrogens is 270 g/mol. The second-order valence-electron chi connectivity index (χ2n) is 3.90. The van der Waals surface area contributed by atoms with Crippen molar-refractivity contribution in [2.45, 2.75) is 12.8 Å². The Morgan fingerprint density at radius 1 is 1.69 bits per heavy atom. The van der Waals surface area contributed by atoms with Crippen molar-refractivity contribution < 1.29 is 0 Å². The molecule has 0 radical (unpaired) electrons. The molecule has 0 spiro atoms. The fraction of sp³-hybridized carbons (Fsp3) is 0.455. The van der Waals surface area contributed by atoms with Crippen LogP contribution in [-0.4, -0.2) is 23.1 Å². The van der Waals surface area contributed by atoms with E-state index in [2.05, 4.69) is 31.8 Å². The summed E-state index contributed by atoms with van der Waals surface area (Å²) in [6.45, 7) is 1.35. The molecule has 1 aliphatic carbocycles. The molecule has 4 nitrogen and oxygen atoms in total. The maximum absolute atomic E-state index is 11.4. The van der Waals surface area contributed by atoms with Gasteiger partial charge in [-0.25, -0.2) is 4.98 Å². The molecule has 0 amide bonds. The Balaban J connectivity index is 2.26. The number of nitrogens with one attached hydrogen (secondary N) is 1. The third-order valence-corrected chi connectivity index (χ3v) is 3.25. The molecule has 2 rings (SSSR count). The number of rotatable bonds is 4. The van der Waals surface area contributed by atoms with E-state index in [-0.39, 0.29) is 5.56 Å². The zero-order valence-corrected chi connectivity index (χ0v) is 10.3. The molecule has 16 heavy (non-hydrogen) atoms. The van der Waals surface area contributed by atoms with Crippen LogP contribution in [0.1, 0.15) is 12.8 Å². The van der Waals surface area contributed by atoms with Gasteiger partial charge in [0.25, 0.3) is 5.56 Å². The van der Waals surface area contributed by atoms with Gasteiger partial charge in [0.05, 0.1) is 12.9 Å². The molecule has 0 atom stereocenters. The highest BCUT2D eigenvalue weighted by Gasteiger charge is 2.25. The van der Waals surface area contributed by atoms with E-state index in [1.54, 1.807) is 0 Å². The van der Waals surface area contributed by atoms with E-state index in [9.17, 15) is 4.79 Å². The second kappa shape index (κ2) is 4.71. The van der Waals surface area contributed by atoms with Gasteiger partial charge in [0.15, 0.2) is 5.82 Å². The molecule has 1 aromatic rings. The third kappa shape index (κ3) is 2.45. The molecule has 1 saturated carbocycles. The normalized spacial score (nSPS) is 14.5. The average molecular weight is 282 g/mol. The Morgan fingerprint density at radius 3 is 3.06 bits per heavy atom. The number of aromatic nitrogens is 2. The fourth-order valence-electron chi connectivity index (χ4n) is 1.54. The quantitative estimate of drug-likeness (QED) is 0.849. The maximum atomic E-state index is 11.4. The minimum atomic E-state index is -0.178. The average Bonchev–Trinajstić information content (AvgIpc) is 3.06. The van der Waals surface area contributed by atoms with Crippen molar-refractivity contribution in [3.05, 3.63) is 21.2 Å². The van der Waals surface area contributed by atoms with Crippen LogP contribution in [0.25, 0.3) is 0 Å². The lowest BCUT2D eigenvalue weighted by molar-refractivity contribution is 0.750. The zero-order valence-electron chi connectivity index (χ0n) is 8.74. The number of nitrogens with zero attached hydrogens (tertiary/aromatic N) is 2. The van der Waals surface area contributed by atoms with Crippen molar-refractivity contribution in [1.82, 2.24) is 9.97 Å². The maximum Gasteiger partial charge on any atom is 0.267 e. The van der Waals surface area contributed by atoms with Crippen LogP contribution >= 0.6 is 15.9 Å². The molecule has 0 unspecified atom stereocenters. The van der Waals surface area contributed by atoms with Crippen molar-refractivity contribution in [2.24, 2.45) is 5.92 Å². The van der Waals surface area contributed by atoms with Crippen LogP contribution in [0.4, 0.5) is 5.82 Å². The Hall–Kier alpha value is -1.28. The second-order valence-corrected chi connectivity index (χ2v) is 4.69. The van der Waals surface area contributed by atoms with Crippen LogP contribution in [0.15, 0.2) is 15.6 Å². The van der Waals surface area contributed by atoms with Gasteiger partial charge in [-0.1, -0.05) is 5.92 Å². The van der Waals surface area contributed by atoms with Crippen molar-refractivity contribution in [2.75, 3.05) is 18.0 Å².